The second-order valence-corrected chi connectivity index (χ2v) is 24.0. The lowest BCUT2D eigenvalue weighted by atomic mass is 9.87. The second-order valence-electron chi connectivity index (χ2n) is 24.0. The Kier molecular flexibility index (Phi) is 26.6. The van der Waals surface area contributed by atoms with Gasteiger partial charge < -0.3 is 48.5 Å². The molecule has 19 nitrogen and oxygen atoms in total. The Bertz CT molecular complexity index is 3630. The van der Waals surface area contributed by atoms with Gasteiger partial charge in [-0.1, -0.05) is 129 Å². The van der Waals surface area contributed by atoms with Gasteiger partial charge in [0.05, 0.1) is 35.4 Å². The molecule has 0 radical (unpaired) electrons. The van der Waals surface area contributed by atoms with Gasteiger partial charge in [-0.2, -0.15) is 5.48 Å². The highest BCUT2D eigenvalue weighted by molar-refractivity contribution is 6.12. The van der Waals surface area contributed by atoms with Gasteiger partial charge in [-0.3, -0.25) is 19.2 Å². The van der Waals surface area contributed by atoms with Gasteiger partial charge in [0.15, 0.2) is 5.78 Å². The number of hydroxylamine groups is 1. The first kappa shape index (κ1) is 70.6. The van der Waals surface area contributed by atoms with Crippen LogP contribution in [0.5, 0.6) is 11.5 Å². The molecule has 0 spiro atoms. The summed E-state index contributed by atoms with van der Waals surface area (Å²) in [6.07, 6.45) is 8.90. The molecule has 0 aliphatic carbocycles. The summed E-state index contributed by atoms with van der Waals surface area (Å²) in [7, 11) is 0. The third-order valence-electron chi connectivity index (χ3n) is 15.8. The van der Waals surface area contributed by atoms with E-state index in [4.69, 9.17) is 33.3 Å². The topological polar surface area (TPSA) is 276 Å². The summed E-state index contributed by atoms with van der Waals surface area (Å²) in [6, 6.07) is 49.2. The lowest BCUT2D eigenvalue weighted by Gasteiger charge is -2.18. The van der Waals surface area contributed by atoms with Gasteiger partial charge in [0, 0.05) is 60.4 Å². The van der Waals surface area contributed by atoms with E-state index in [9.17, 15) is 33.9 Å². The molecule has 1 fully saturated rings. The number of unbranched alkanes of at least 4 members (excludes halogenated alkanes) is 4. The van der Waals surface area contributed by atoms with Gasteiger partial charge in [-0.25, -0.2) is 19.6 Å². The number of hydrogen-bond donors (Lipinski definition) is 5. The fourth-order valence-corrected chi connectivity index (χ4v) is 9.85. The summed E-state index contributed by atoms with van der Waals surface area (Å²) < 4.78 is 28.8. The predicted molar refractivity (Wildman–Crippen MR) is 352 cm³/mol. The van der Waals surface area contributed by atoms with Crippen molar-refractivity contribution in [2.24, 2.45) is 16.7 Å². The van der Waals surface area contributed by atoms with Crippen LogP contribution in [0.3, 0.4) is 0 Å². The monoisotopic (exact) mass is 1270 g/mol. The van der Waals surface area contributed by atoms with Crippen LogP contribution < -0.4 is 20.3 Å². The molecule has 8 aromatic rings. The number of rotatable bonds is 33. The highest BCUT2D eigenvalue weighted by Gasteiger charge is 2.36. The minimum absolute atomic E-state index is 0.170. The summed E-state index contributed by atoms with van der Waals surface area (Å²) >= 11 is 0. The van der Waals surface area contributed by atoms with Crippen LogP contribution in [0, 0.1) is 30.6 Å². The van der Waals surface area contributed by atoms with E-state index in [0.717, 1.165) is 90.3 Å². The smallest absolute Gasteiger partial charge is 0.345 e. The first-order chi connectivity index (χ1) is 44.7. The maximum atomic E-state index is 13.1. The van der Waals surface area contributed by atoms with Crippen molar-refractivity contribution in [3.8, 4) is 34.4 Å². The molecule has 490 valence electrons. The van der Waals surface area contributed by atoms with Gasteiger partial charge in [-0.05, 0) is 145 Å². The summed E-state index contributed by atoms with van der Waals surface area (Å²) in [6.45, 7) is 13.1. The van der Waals surface area contributed by atoms with Crippen LogP contribution in [0.15, 0.2) is 173 Å². The fourth-order valence-electron chi connectivity index (χ4n) is 9.85. The maximum Gasteiger partial charge on any atom is 0.345 e. The average molecular weight is 1270 g/mol. The normalized spacial score (nSPS) is 13.1. The quantitative estimate of drug-likeness (QED) is 0.0145. The minimum atomic E-state index is -1.01. The van der Waals surface area contributed by atoms with E-state index in [0.29, 0.717) is 92.0 Å². The summed E-state index contributed by atoms with van der Waals surface area (Å²) in [5.41, 5.74) is 7.52. The van der Waals surface area contributed by atoms with Gasteiger partial charge in [-0.15, -0.1) is 0 Å². The Balaban J connectivity index is 0.000000208. The number of nitrogens with zero attached hydrogens (tertiary/aromatic N) is 2. The molecule has 5 N–H and O–H groups in total. The van der Waals surface area contributed by atoms with E-state index in [1.807, 2.05) is 129 Å². The lowest BCUT2D eigenvalue weighted by Crippen LogP contribution is -2.32. The summed E-state index contributed by atoms with van der Waals surface area (Å²) in [5, 5.41) is 31.0. The van der Waals surface area contributed by atoms with E-state index in [1.54, 1.807) is 76.2 Å². The standard InChI is InChI=1S/C34H30N2O5.C22H20N2O5.C18H34O5/c1-23-29(36-33(41-23)26-12-6-3-7-13-26)20-21-40-27-18-16-24(17-19-27)22-31(34(38)39)35-30-15-9-8-14-28(30)32(37)25-10-4-2-5-11-25;1-14-19(23-21(28-14)16-5-3-2-4-6-16)11-12-27-17-9-7-15(8-10-17)13-18-20(25)24-29-22(18)26;1-17(2,15(19)20)11-7-5-6-9-13-23-14-10-8-12-18(3,4)16(21)22/h2-19,31,35H,20-22H2,1H3,(H,38,39);2-10,18H,11-13H2,1H3,(H,24,25);5-14H2,1-4H3,(H,19,20)(H,21,22)/t31-;;/m0../s1. The molecule has 6 aromatic carbocycles. The number of amides is 1. The van der Waals surface area contributed by atoms with Crippen LogP contribution in [-0.2, 0) is 59.2 Å². The molecule has 1 aliphatic rings. The zero-order chi connectivity index (χ0) is 66.8. The van der Waals surface area contributed by atoms with Gasteiger partial charge >= 0.3 is 23.9 Å². The van der Waals surface area contributed by atoms with Gasteiger partial charge in [0.1, 0.15) is 35.0 Å². The minimum Gasteiger partial charge on any atom is -0.493 e. The fraction of sp³-hybridized carbons (Fsp3) is 0.351. The van der Waals surface area contributed by atoms with E-state index < -0.39 is 52.6 Å². The van der Waals surface area contributed by atoms with E-state index in [2.05, 4.69) is 25.6 Å². The van der Waals surface area contributed by atoms with Gasteiger partial charge in [0.25, 0.3) is 5.91 Å². The van der Waals surface area contributed by atoms with Crippen LogP contribution in [0.4, 0.5) is 5.69 Å². The zero-order valence-corrected chi connectivity index (χ0v) is 53.7. The van der Waals surface area contributed by atoms with Crippen molar-refractivity contribution in [2.75, 3.05) is 31.7 Å². The number of carboxylic acids is 3. The Morgan fingerprint density at radius 3 is 1.49 bits per heavy atom. The second kappa shape index (κ2) is 35.1. The number of carbonyl (C=O) groups excluding carboxylic acids is 3. The number of carbonyl (C=O) groups is 6. The zero-order valence-electron chi connectivity index (χ0n) is 53.7. The van der Waals surface area contributed by atoms with Crippen molar-refractivity contribution in [3.05, 3.63) is 209 Å². The number of nitrogens with one attached hydrogen (secondary N) is 2. The highest BCUT2D eigenvalue weighted by atomic mass is 16.7. The highest BCUT2D eigenvalue weighted by Crippen LogP contribution is 2.28. The number of hydrogen-bond acceptors (Lipinski definition) is 15. The third-order valence-corrected chi connectivity index (χ3v) is 15.8. The first-order valence-corrected chi connectivity index (χ1v) is 31.4. The molecule has 1 aliphatic heterocycles. The molecule has 9 rings (SSSR count). The van der Waals surface area contributed by atoms with Crippen LogP contribution in [0.2, 0.25) is 0 Å². The van der Waals surface area contributed by atoms with E-state index >= 15 is 0 Å². The van der Waals surface area contributed by atoms with Crippen molar-refractivity contribution < 1.29 is 72.0 Å². The first-order valence-electron chi connectivity index (χ1n) is 31.4. The molecule has 1 saturated heterocycles. The summed E-state index contributed by atoms with van der Waals surface area (Å²) in [4.78, 5) is 83.9. The number of para-hydroxylation sites is 1. The number of anilines is 1. The number of aromatic nitrogens is 2. The lowest BCUT2D eigenvalue weighted by molar-refractivity contribution is -0.148. The molecule has 19 heteroatoms. The summed E-state index contributed by atoms with van der Waals surface area (Å²) in [5.74, 6) is -0.275. The largest absolute Gasteiger partial charge is 0.493 e. The number of carboxylic acid groups (broad SMARTS) is 3. The van der Waals surface area contributed by atoms with Crippen molar-refractivity contribution in [2.45, 2.75) is 125 Å². The molecule has 0 bridgehead atoms. The van der Waals surface area contributed by atoms with Crippen molar-refractivity contribution in [1.29, 1.82) is 0 Å². The Hall–Kier alpha value is -9.88. The van der Waals surface area contributed by atoms with Crippen LogP contribution in [0.25, 0.3) is 22.9 Å². The van der Waals surface area contributed by atoms with E-state index in [-0.39, 0.29) is 12.2 Å². The Morgan fingerprint density at radius 2 is 1.01 bits per heavy atom. The van der Waals surface area contributed by atoms with Crippen LogP contribution >= 0.6 is 0 Å². The molecule has 1 unspecified atom stereocenters. The predicted octanol–water partition coefficient (Wildman–Crippen LogP) is 14.0. The van der Waals surface area contributed by atoms with Crippen LogP contribution in [0.1, 0.15) is 129 Å². The Morgan fingerprint density at radius 1 is 0.559 bits per heavy atom. The number of aliphatic carboxylic acids is 3. The molecular weight excluding hydrogens is 1180 g/mol. The van der Waals surface area contributed by atoms with Gasteiger partial charge in [0.2, 0.25) is 11.8 Å². The molecular formula is C74H84N4O15. The molecule has 2 aromatic heterocycles. The number of oxazole rings is 2. The average Bonchev–Trinajstić information content (AvgIpc) is 1.80. The van der Waals surface area contributed by atoms with Crippen molar-refractivity contribution in [1.82, 2.24) is 15.4 Å². The number of aryl methyl sites for hydroxylation is 2. The van der Waals surface area contributed by atoms with E-state index in [1.165, 1.54) is 0 Å². The van der Waals surface area contributed by atoms with Crippen molar-refractivity contribution >= 4 is 41.3 Å². The number of ketones is 1. The van der Waals surface area contributed by atoms with Crippen LogP contribution in [-0.4, -0.2) is 93.3 Å². The molecule has 2 atom stereocenters. The Labute approximate surface area is 542 Å². The molecule has 1 amide bonds. The molecule has 93 heavy (non-hydrogen) atoms. The maximum absolute atomic E-state index is 13.1. The molecule has 0 saturated carbocycles. The van der Waals surface area contributed by atoms with Crippen molar-refractivity contribution in [3.63, 3.8) is 0 Å². The SMILES string of the molecule is CC(C)(CCCCCCOCCCCC(C)(C)C(=O)O)C(=O)O.Cc1oc(-c2ccccc2)nc1CCOc1ccc(CC2C(=O)NOC2=O)cc1.Cc1oc(-c2ccccc2)nc1CCOc1ccc(C[C@H](Nc2ccccc2C(=O)c2ccccc2)C(=O)O)cc1. The molecule has 3 heterocycles. The third kappa shape index (κ3) is 22.2. The number of benzene rings is 6. The number of ether oxygens (including phenoxy) is 3.